The summed E-state index contributed by atoms with van der Waals surface area (Å²) >= 11 is 0. The van der Waals surface area contributed by atoms with Gasteiger partial charge >= 0.3 is 0 Å². The van der Waals surface area contributed by atoms with Crippen LogP contribution in [0, 0.1) is 0 Å². The zero-order chi connectivity index (χ0) is 12.0. The van der Waals surface area contributed by atoms with Crippen molar-refractivity contribution in [3.63, 3.8) is 0 Å². The zero-order valence-electron chi connectivity index (χ0n) is 11.3. The monoisotopic (exact) mass is 228 g/mol. The maximum absolute atomic E-state index is 5.40. The van der Waals surface area contributed by atoms with Crippen LogP contribution >= 0.6 is 0 Å². The number of hydrogen-bond acceptors (Lipinski definition) is 3. The lowest BCUT2D eigenvalue weighted by atomic mass is 9.98. The van der Waals surface area contributed by atoms with Gasteiger partial charge < -0.3 is 15.4 Å². The van der Waals surface area contributed by atoms with E-state index in [1.807, 2.05) is 0 Å². The molecule has 1 fully saturated rings. The van der Waals surface area contributed by atoms with Crippen molar-refractivity contribution in [3.8, 4) is 0 Å². The predicted molar refractivity (Wildman–Crippen MR) is 68.8 cm³/mol. The first-order valence-electron chi connectivity index (χ1n) is 6.55. The average Bonchev–Trinajstić information content (AvgIpc) is 2.28. The standard InChI is InChI=1S/C13H28N2O/c1-11(15-10-13(2,3)16-4)9-12-7-5-6-8-14-12/h11-12,14-15H,5-10H2,1-4H3. The molecular weight excluding hydrogens is 200 g/mol. The third-order valence-corrected chi connectivity index (χ3v) is 3.48. The normalized spacial score (nSPS) is 24.4. The van der Waals surface area contributed by atoms with Crippen LogP contribution in [0.3, 0.4) is 0 Å². The maximum atomic E-state index is 5.40. The molecule has 0 bridgehead atoms. The van der Waals surface area contributed by atoms with Crippen molar-refractivity contribution < 1.29 is 4.74 Å². The number of nitrogens with one attached hydrogen (secondary N) is 2. The van der Waals surface area contributed by atoms with Gasteiger partial charge in [-0.3, -0.25) is 0 Å². The van der Waals surface area contributed by atoms with E-state index in [-0.39, 0.29) is 5.60 Å². The Kier molecular flexibility index (Phi) is 5.73. The number of ether oxygens (including phenoxy) is 1. The van der Waals surface area contributed by atoms with E-state index in [9.17, 15) is 0 Å². The second kappa shape index (κ2) is 6.58. The summed E-state index contributed by atoms with van der Waals surface area (Å²) in [5.41, 5.74) is -0.0613. The highest BCUT2D eigenvalue weighted by molar-refractivity contribution is 4.79. The third kappa shape index (κ3) is 5.28. The van der Waals surface area contributed by atoms with Crippen LogP contribution < -0.4 is 10.6 Å². The summed E-state index contributed by atoms with van der Waals surface area (Å²) in [7, 11) is 1.77. The van der Waals surface area contributed by atoms with Crippen LogP contribution in [-0.2, 0) is 4.74 Å². The van der Waals surface area contributed by atoms with Crippen LogP contribution in [0.2, 0.25) is 0 Å². The molecule has 1 saturated heterocycles. The smallest absolute Gasteiger partial charge is 0.0746 e. The molecule has 1 heterocycles. The minimum atomic E-state index is -0.0613. The molecular formula is C13H28N2O. The Bertz CT molecular complexity index is 188. The molecule has 2 atom stereocenters. The van der Waals surface area contributed by atoms with Crippen molar-refractivity contribution in [2.24, 2.45) is 0 Å². The number of hydrogen-bond donors (Lipinski definition) is 2. The Balaban J connectivity index is 2.17. The van der Waals surface area contributed by atoms with Gasteiger partial charge in [0, 0.05) is 25.7 Å². The third-order valence-electron chi connectivity index (χ3n) is 3.48. The van der Waals surface area contributed by atoms with Crippen molar-refractivity contribution in [3.05, 3.63) is 0 Å². The fourth-order valence-corrected chi connectivity index (χ4v) is 2.13. The molecule has 1 rings (SSSR count). The number of rotatable bonds is 6. The van der Waals surface area contributed by atoms with E-state index in [1.54, 1.807) is 7.11 Å². The molecule has 0 radical (unpaired) electrons. The molecule has 2 unspecified atom stereocenters. The second-order valence-corrected chi connectivity index (χ2v) is 5.63. The second-order valence-electron chi connectivity index (χ2n) is 5.63. The first kappa shape index (κ1) is 13.9. The van der Waals surface area contributed by atoms with Gasteiger partial charge in [0.1, 0.15) is 0 Å². The van der Waals surface area contributed by atoms with E-state index >= 15 is 0 Å². The molecule has 2 N–H and O–H groups in total. The summed E-state index contributed by atoms with van der Waals surface area (Å²) in [5.74, 6) is 0. The van der Waals surface area contributed by atoms with Crippen LogP contribution in [0.1, 0.15) is 46.5 Å². The van der Waals surface area contributed by atoms with Crippen LogP contribution in [0.4, 0.5) is 0 Å². The predicted octanol–water partition coefficient (Wildman–Crippen LogP) is 1.92. The molecule has 0 saturated carbocycles. The van der Waals surface area contributed by atoms with Gasteiger partial charge in [0.15, 0.2) is 0 Å². The molecule has 3 heteroatoms. The van der Waals surface area contributed by atoms with E-state index in [4.69, 9.17) is 4.74 Å². The molecule has 1 aliphatic heterocycles. The van der Waals surface area contributed by atoms with Gasteiger partial charge in [-0.2, -0.15) is 0 Å². The van der Waals surface area contributed by atoms with Crippen LogP contribution in [0.25, 0.3) is 0 Å². The molecule has 0 aromatic carbocycles. The summed E-state index contributed by atoms with van der Waals surface area (Å²) in [5, 5.41) is 7.15. The van der Waals surface area contributed by atoms with E-state index in [0.717, 1.165) is 6.54 Å². The number of methoxy groups -OCH3 is 1. The van der Waals surface area contributed by atoms with Crippen LogP contribution in [-0.4, -0.2) is 37.9 Å². The van der Waals surface area contributed by atoms with Gasteiger partial charge in [-0.05, 0) is 46.6 Å². The van der Waals surface area contributed by atoms with Crippen molar-refractivity contribution in [1.29, 1.82) is 0 Å². The Labute approximate surface area is 100 Å². The summed E-state index contributed by atoms with van der Waals surface area (Å²) in [4.78, 5) is 0. The highest BCUT2D eigenvalue weighted by Crippen LogP contribution is 2.12. The highest BCUT2D eigenvalue weighted by Gasteiger charge is 2.19. The molecule has 0 amide bonds. The maximum Gasteiger partial charge on any atom is 0.0746 e. The quantitative estimate of drug-likeness (QED) is 0.729. The van der Waals surface area contributed by atoms with E-state index in [0.29, 0.717) is 12.1 Å². The largest absolute Gasteiger partial charge is 0.377 e. The summed E-state index contributed by atoms with van der Waals surface area (Å²) in [6, 6.07) is 1.27. The molecule has 1 aliphatic rings. The first-order chi connectivity index (χ1) is 7.53. The first-order valence-corrected chi connectivity index (χ1v) is 6.55. The van der Waals surface area contributed by atoms with Crippen molar-refractivity contribution >= 4 is 0 Å². The van der Waals surface area contributed by atoms with Gasteiger partial charge in [-0.25, -0.2) is 0 Å². The van der Waals surface area contributed by atoms with Gasteiger partial charge in [0.05, 0.1) is 5.60 Å². The SMILES string of the molecule is COC(C)(C)CNC(C)CC1CCCCN1. The Morgan fingerprint density at radius 2 is 2.19 bits per heavy atom. The molecule has 0 aromatic rings. The minimum Gasteiger partial charge on any atom is -0.377 e. The fraction of sp³-hybridized carbons (Fsp3) is 1.00. The van der Waals surface area contributed by atoms with Crippen LogP contribution in [0.5, 0.6) is 0 Å². The van der Waals surface area contributed by atoms with Crippen molar-refractivity contribution in [2.75, 3.05) is 20.2 Å². The van der Waals surface area contributed by atoms with Gasteiger partial charge in [0.25, 0.3) is 0 Å². The van der Waals surface area contributed by atoms with Gasteiger partial charge in [0.2, 0.25) is 0 Å². The van der Waals surface area contributed by atoms with E-state index in [2.05, 4.69) is 31.4 Å². The van der Waals surface area contributed by atoms with E-state index < -0.39 is 0 Å². The summed E-state index contributed by atoms with van der Waals surface area (Å²) < 4.78 is 5.40. The minimum absolute atomic E-state index is 0.0613. The van der Waals surface area contributed by atoms with Gasteiger partial charge in [-0.15, -0.1) is 0 Å². The highest BCUT2D eigenvalue weighted by atomic mass is 16.5. The summed E-state index contributed by atoms with van der Waals surface area (Å²) in [6.07, 6.45) is 5.28. The molecule has 3 nitrogen and oxygen atoms in total. The molecule has 96 valence electrons. The molecule has 16 heavy (non-hydrogen) atoms. The lowest BCUT2D eigenvalue weighted by Gasteiger charge is -2.29. The topological polar surface area (TPSA) is 33.3 Å². The Morgan fingerprint density at radius 3 is 2.75 bits per heavy atom. The summed E-state index contributed by atoms with van der Waals surface area (Å²) in [6.45, 7) is 8.61. The molecule has 0 aliphatic carbocycles. The van der Waals surface area contributed by atoms with E-state index in [1.165, 1.54) is 32.2 Å². The Hall–Kier alpha value is -0.120. The number of piperidine rings is 1. The molecule has 0 spiro atoms. The van der Waals surface area contributed by atoms with Gasteiger partial charge in [-0.1, -0.05) is 6.42 Å². The van der Waals surface area contributed by atoms with Crippen molar-refractivity contribution in [2.45, 2.75) is 64.1 Å². The van der Waals surface area contributed by atoms with Crippen LogP contribution in [0.15, 0.2) is 0 Å². The Morgan fingerprint density at radius 1 is 1.44 bits per heavy atom. The fourth-order valence-electron chi connectivity index (χ4n) is 2.13. The zero-order valence-corrected chi connectivity index (χ0v) is 11.3. The van der Waals surface area contributed by atoms with Crippen molar-refractivity contribution in [1.82, 2.24) is 10.6 Å². The lowest BCUT2D eigenvalue weighted by molar-refractivity contribution is 0.0209. The molecule has 0 aromatic heterocycles. The lowest BCUT2D eigenvalue weighted by Crippen LogP contribution is -2.44. The average molecular weight is 228 g/mol.